The third kappa shape index (κ3) is 4.58. The van der Waals surface area contributed by atoms with E-state index in [1.54, 1.807) is 31.5 Å². The first kappa shape index (κ1) is 19.4. The van der Waals surface area contributed by atoms with Gasteiger partial charge in [0.05, 0.1) is 7.11 Å². The molecular weight excluding hydrogens is 373 g/mol. The summed E-state index contributed by atoms with van der Waals surface area (Å²) in [6.07, 6.45) is 5.25. The van der Waals surface area contributed by atoms with Crippen LogP contribution in [0.5, 0.6) is 5.88 Å². The Labute approximate surface area is 169 Å². The SMILES string of the molecule is COc1ccnc(NC2CCN(C(=O)NCC3(c4cccc(F)c4)CC3)CC2)n1. The molecule has 1 saturated heterocycles. The minimum Gasteiger partial charge on any atom is -0.481 e. The van der Waals surface area contributed by atoms with Crippen LogP contribution in [0.1, 0.15) is 31.2 Å². The Hall–Kier alpha value is -2.90. The van der Waals surface area contributed by atoms with E-state index in [1.165, 1.54) is 6.07 Å². The molecule has 4 rings (SSSR count). The molecule has 7 nitrogen and oxygen atoms in total. The monoisotopic (exact) mass is 399 g/mol. The summed E-state index contributed by atoms with van der Waals surface area (Å²) >= 11 is 0. The van der Waals surface area contributed by atoms with Gasteiger partial charge in [0, 0.05) is 43.4 Å². The topological polar surface area (TPSA) is 79.4 Å². The maximum atomic E-state index is 13.5. The Bertz CT molecular complexity index is 866. The number of anilines is 1. The fraction of sp³-hybridized carbons (Fsp3) is 0.476. The van der Waals surface area contributed by atoms with E-state index in [0.29, 0.717) is 31.5 Å². The van der Waals surface area contributed by atoms with Gasteiger partial charge in [-0.15, -0.1) is 0 Å². The van der Waals surface area contributed by atoms with Gasteiger partial charge in [0.1, 0.15) is 5.82 Å². The van der Waals surface area contributed by atoms with Crippen molar-refractivity contribution in [3.63, 3.8) is 0 Å². The summed E-state index contributed by atoms with van der Waals surface area (Å²) in [6, 6.07) is 8.58. The standard InChI is InChI=1S/C21H26FN5O2/c1-29-18-5-10-23-19(26-18)25-17-6-11-27(12-7-17)20(28)24-14-21(8-9-21)15-3-2-4-16(22)13-15/h2-5,10,13,17H,6-9,11-12,14H2,1H3,(H,24,28)(H,23,25,26). The molecule has 2 aromatic rings. The van der Waals surface area contributed by atoms with Crippen molar-refractivity contribution in [3.8, 4) is 5.88 Å². The second kappa shape index (κ2) is 8.23. The molecule has 1 aromatic carbocycles. The molecule has 8 heteroatoms. The molecule has 0 unspecified atom stereocenters. The fourth-order valence-electron chi connectivity index (χ4n) is 3.83. The largest absolute Gasteiger partial charge is 0.481 e. The van der Waals surface area contributed by atoms with Crippen molar-refractivity contribution in [1.29, 1.82) is 0 Å². The van der Waals surface area contributed by atoms with Gasteiger partial charge < -0.3 is 20.3 Å². The number of methoxy groups -OCH3 is 1. The first-order valence-electron chi connectivity index (χ1n) is 10.0. The molecule has 0 bridgehead atoms. The summed E-state index contributed by atoms with van der Waals surface area (Å²) < 4.78 is 18.7. The number of nitrogens with one attached hydrogen (secondary N) is 2. The number of nitrogens with zero attached hydrogens (tertiary/aromatic N) is 3. The summed E-state index contributed by atoms with van der Waals surface area (Å²) in [7, 11) is 1.57. The van der Waals surface area contributed by atoms with Crippen LogP contribution >= 0.6 is 0 Å². The number of aromatic nitrogens is 2. The lowest BCUT2D eigenvalue weighted by Gasteiger charge is -2.33. The zero-order valence-corrected chi connectivity index (χ0v) is 16.5. The molecule has 2 fully saturated rings. The lowest BCUT2D eigenvalue weighted by molar-refractivity contribution is 0.182. The molecule has 29 heavy (non-hydrogen) atoms. The normalized spacial score (nSPS) is 18.2. The fourth-order valence-corrected chi connectivity index (χ4v) is 3.83. The van der Waals surface area contributed by atoms with E-state index in [9.17, 15) is 9.18 Å². The van der Waals surface area contributed by atoms with Gasteiger partial charge in [0.15, 0.2) is 0 Å². The summed E-state index contributed by atoms with van der Waals surface area (Å²) in [6.45, 7) is 1.88. The maximum Gasteiger partial charge on any atom is 0.317 e. The van der Waals surface area contributed by atoms with Crippen LogP contribution in [0.15, 0.2) is 36.5 Å². The third-order valence-electron chi connectivity index (χ3n) is 5.82. The van der Waals surface area contributed by atoms with E-state index >= 15 is 0 Å². The minimum atomic E-state index is -0.227. The van der Waals surface area contributed by atoms with Gasteiger partial charge in [-0.2, -0.15) is 4.98 Å². The Kier molecular flexibility index (Phi) is 5.51. The zero-order valence-electron chi connectivity index (χ0n) is 16.5. The number of rotatable bonds is 6. The Morgan fingerprint density at radius 1 is 1.31 bits per heavy atom. The van der Waals surface area contributed by atoms with Crippen molar-refractivity contribution in [3.05, 3.63) is 47.9 Å². The number of ether oxygens (including phenoxy) is 1. The van der Waals surface area contributed by atoms with Gasteiger partial charge >= 0.3 is 6.03 Å². The number of benzene rings is 1. The quantitative estimate of drug-likeness (QED) is 0.781. The smallest absolute Gasteiger partial charge is 0.317 e. The number of hydrogen-bond acceptors (Lipinski definition) is 5. The predicted molar refractivity (Wildman–Crippen MR) is 108 cm³/mol. The molecule has 1 aromatic heterocycles. The van der Waals surface area contributed by atoms with Crippen LogP contribution in [-0.2, 0) is 5.41 Å². The second-order valence-corrected chi connectivity index (χ2v) is 7.78. The second-order valence-electron chi connectivity index (χ2n) is 7.78. The van der Waals surface area contributed by atoms with Crippen LogP contribution in [0, 0.1) is 5.82 Å². The maximum absolute atomic E-state index is 13.5. The van der Waals surface area contributed by atoms with Gasteiger partial charge in [-0.05, 0) is 43.4 Å². The highest BCUT2D eigenvalue weighted by molar-refractivity contribution is 5.74. The molecule has 0 radical (unpaired) electrons. The molecular formula is C21H26FN5O2. The van der Waals surface area contributed by atoms with Crippen molar-refractivity contribution in [2.45, 2.75) is 37.1 Å². The molecule has 1 aliphatic carbocycles. The highest BCUT2D eigenvalue weighted by Crippen LogP contribution is 2.47. The summed E-state index contributed by atoms with van der Waals surface area (Å²) in [5.41, 5.74) is 0.862. The average Bonchev–Trinajstić information content (AvgIpc) is 3.54. The number of carbonyl (C=O) groups excluding carboxylic acids is 1. The predicted octanol–water partition coefficient (Wildman–Crippen LogP) is 2.94. The number of amides is 2. The van der Waals surface area contributed by atoms with Crippen LogP contribution in [-0.4, -0.2) is 53.7 Å². The van der Waals surface area contributed by atoms with Gasteiger partial charge in [-0.3, -0.25) is 0 Å². The van der Waals surface area contributed by atoms with E-state index in [-0.39, 0.29) is 23.3 Å². The highest BCUT2D eigenvalue weighted by atomic mass is 19.1. The van der Waals surface area contributed by atoms with Crippen LogP contribution in [0.3, 0.4) is 0 Å². The molecule has 2 heterocycles. The molecule has 2 N–H and O–H groups in total. The number of likely N-dealkylation sites (tertiary alicyclic amines) is 1. The van der Waals surface area contributed by atoms with Gasteiger partial charge in [0.2, 0.25) is 11.8 Å². The molecule has 0 spiro atoms. The lowest BCUT2D eigenvalue weighted by Crippen LogP contribution is -2.48. The zero-order chi connectivity index (χ0) is 20.3. The molecule has 1 saturated carbocycles. The van der Waals surface area contributed by atoms with Crippen molar-refractivity contribution in [2.75, 3.05) is 32.1 Å². The molecule has 0 atom stereocenters. The van der Waals surface area contributed by atoms with Gasteiger partial charge in [-0.1, -0.05) is 12.1 Å². The minimum absolute atomic E-state index is 0.0521. The number of carbonyl (C=O) groups is 1. The Balaban J connectivity index is 1.25. The summed E-state index contributed by atoms with van der Waals surface area (Å²) in [5, 5.41) is 6.37. The van der Waals surface area contributed by atoms with E-state index in [1.807, 2.05) is 11.0 Å². The first-order valence-corrected chi connectivity index (χ1v) is 10.0. The number of halogens is 1. The Morgan fingerprint density at radius 2 is 2.10 bits per heavy atom. The number of piperidine rings is 1. The first-order chi connectivity index (χ1) is 14.1. The van der Waals surface area contributed by atoms with Crippen LogP contribution < -0.4 is 15.4 Å². The van der Waals surface area contributed by atoms with Gasteiger partial charge in [-0.25, -0.2) is 14.2 Å². The summed E-state index contributed by atoms with van der Waals surface area (Å²) in [4.78, 5) is 22.9. The summed E-state index contributed by atoms with van der Waals surface area (Å²) in [5.74, 6) is 0.833. The highest BCUT2D eigenvalue weighted by Gasteiger charge is 2.44. The third-order valence-corrected chi connectivity index (χ3v) is 5.82. The van der Waals surface area contributed by atoms with Gasteiger partial charge in [0.25, 0.3) is 0 Å². The van der Waals surface area contributed by atoms with Crippen LogP contribution in [0.25, 0.3) is 0 Å². The Morgan fingerprint density at radius 3 is 2.79 bits per heavy atom. The van der Waals surface area contributed by atoms with Crippen LogP contribution in [0.4, 0.5) is 15.1 Å². The number of urea groups is 1. The average molecular weight is 399 g/mol. The number of hydrogen-bond donors (Lipinski definition) is 2. The van der Waals surface area contributed by atoms with Crippen molar-refractivity contribution in [2.24, 2.45) is 0 Å². The molecule has 2 aliphatic rings. The lowest BCUT2D eigenvalue weighted by atomic mass is 9.96. The van der Waals surface area contributed by atoms with Crippen molar-refractivity contribution < 1.29 is 13.9 Å². The molecule has 1 aliphatic heterocycles. The van der Waals surface area contributed by atoms with E-state index in [0.717, 1.165) is 31.2 Å². The van der Waals surface area contributed by atoms with E-state index in [4.69, 9.17) is 4.74 Å². The molecule has 154 valence electrons. The van der Waals surface area contributed by atoms with Crippen molar-refractivity contribution >= 4 is 12.0 Å². The van der Waals surface area contributed by atoms with Crippen LogP contribution in [0.2, 0.25) is 0 Å². The van der Waals surface area contributed by atoms with E-state index in [2.05, 4.69) is 20.6 Å². The van der Waals surface area contributed by atoms with E-state index < -0.39 is 0 Å². The molecule has 2 amide bonds. The van der Waals surface area contributed by atoms with Crippen molar-refractivity contribution in [1.82, 2.24) is 20.2 Å².